The van der Waals surface area contributed by atoms with Crippen LogP contribution in [0.3, 0.4) is 0 Å². The molecule has 0 spiro atoms. The van der Waals surface area contributed by atoms with Crippen LogP contribution in [0.25, 0.3) is 10.6 Å². The highest BCUT2D eigenvalue weighted by Gasteiger charge is 2.16. The van der Waals surface area contributed by atoms with Gasteiger partial charge in [0.25, 0.3) is 0 Å². The van der Waals surface area contributed by atoms with Gasteiger partial charge in [-0.15, -0.1) is 11.3 Å². The van der Waals surface area contributed by atoms with Crippen molar-refractivity contribution < 1.29 is 12.8 Å². The van der Waals surface area contributed by atoms with Crippen LogP contribution in [0.4, 0.5) is 4.39 Å². The van der Waals surface area contributed by atoms with E-state index in [1.54, 1.807) is 31.2 Å². The number of sulfonamides is 1. The fourth-order valence-corrected chi connectivity index (χ4v) is 4.77. The zero-order valence-corrected chi connectivity index (χ0v) is 16.1. The molecule has 4 nitrogen and oxygen atoms in total. The number of rotatable bonds is 6. The summed E-state index contributed by atoms with van der Waals surface area (Å²) in [6, 6.07) is 11.6. The lowest BCUT2D eigenvalue weighted by Gasteiger charge is -2.09. The lowest BCUT2D eigenvalue weighted by atomic mass is 10.2. The van der Waals surface area contributed by atoms with Gasteiger partial charge in [-0.1, -0.05) is 24.3 Å². The maximum absolute atomic E-state index is 13.3. The Kier molecular flexibility index (Phi) is 5.50. The number of hydrogen-bond donors (Lipinski definition) is 1. The Morgan fingerprint density at radius 2 is 1.96 bits per heavy atom. The summed E-state index contributed by atoms with van der Waals surface area (Å²) in [4.78, 5) is 4.76. The molecule has 0 aliphatic heterocycles. The quantitative estimate of drug-likeness (QED) is 0.690. The van der Waals surface area contributed by atoms with E-state index in [9.17, 15) is 12.8 Å². The predicted octanol–water partition coefficient (Wildman–Crippen LogP) is 4.09. The molecule has 0 unspecified atom stereocenters. The Morgan fingerprint density at radius 1 is 1.15 bits per heavy atom. The van der Waals surface area contributed by atoms with Gasteiger partial charge in [0.1, 0.15) is 10.8 Å². The van der Waals surface area contributed by atoms with Gasteiger partial charge < -0.3 is 0 Å². The Bertz CT molecular complexity index is 1030. The Morgan fingerprint density at radius 3 is 2.73 bits per heavy atom. The Hall–Kier alpha value is -2.09. The van der Waals surface area contributed by atoms with Crippen LogP contribution >= 0.6 is 11.3 Å². The van der Waals surface area contributed by atoms with Crippen molar-refractivity contribution in [2.75, 3.05) is 6.54 Å². The minimum Gasteiger partial charge on any atom is -0.241 e. The van der Waals surface area contributed by atoms with Crippen molar-refractivity contribution in [3.05, 3.63) is 70.5 Å². The second kappa shape index (κ2) is 7.65. The Balaban J connectivity index is 1.66. The highest BCUT2D eigenvalue weighted by Crippen LogP contribution is 2.24. The minimum absolute atomic E-state index is 0.252. The number of benzene rings is 2. The molecule has 7 heteroatoms. The van der Waals surface area contributed by atoms with E-state index in [0.29, 0.717) is 16.9 Å². The second-order valence-corrected chi connectivity index (χ2v) is 8.66. The molecule has 0 aliphatic carbocycles. The maximum Gasteiger partial charge on any atom is 0.240 e. The monoisotopic (exact) mass is 390 g/mol. The molecule has 26 heavy (non-hydrogen) atoms. The van der Waals surface area contributed by atoms with E-state index in [-0.39, 0.29) is 12.4 Å². The van der Waals surface area contributed by atoms with Crippen LogP contribution in [0, 0.1) is 19.7 Å². The van der Waals surface area contributed by atoms with E-state index in [1.165, 1.54) is 23.5 Å². The van der Waals surface area contributed by atoms with Crippen molar-refractivity contribution in [1.29, 1.82) is 0 Å². The molecule has 0 saturated carbocycles. The maximum atomic E-state index is 13.3. The topological polar surface area (TPSA) is 59.1 Å². The smallest absolute Gasteiger partial charge is 0.240 e. The number of nitrogens with zero attached hydrogens (tertiary/aromatic N) is 1. The summed E-state index contributed by atoms with van der Waals surface area (Å²) in [5.41, 5.74) is 3.11. The molecule has 136 valence electrons. The summed E-state index contributed by atoms with van der Waals surface area (Å²) in [5, 5.41) is 2.59. The van der Waals surface area contributed by atoms with Gasteiger partial charge in [-0.25, -0.2) is 22.5 Å². The minimum atomic E-state index is -3.56. The summed E-state index contributed by atoms with van der Waals surface area (Å²) in [5.74, 6) is -0.305. The third-order valence-corrected chi connectivity index (χ3v) is 6.47. The lowest BCUT2D eigenvalue weighted by molar-refractivity contribution is 0.580. The molecule has 0 saturated heterocycles. The van der Waals surface area contributed by atoms with E-state index in [4.69, 9.17) is 0 Å². The average molecular weight is 391 g/mol. The molecule has 3 rings (SSSR count). The molecule has 0 fully saturated rings. The fraction of sp³-hybridized carbons (Fsp3) is 0.211. The van der Waals surface area contributed by atoms with Gasteiger partial charge in [-0.3, -0.25) is 0 Å². The molecule has 3 aromatic rings. The normalized spacial score (nSPS) is 11.7. The number of thiazole rings is 1. The van der Waals surface area contributed by atoms with Crippen LogP contribution in [0.1, 0.15) is 16.8 Å². The van der Waals surface area contributed by atoms with E-state index >= 15 is 0 Å². The molecule has 0 bridgehead atoms. The van der Waals surface area contributed by atoms with Gasteiger partial charge in [-0.2, -0.15) is 0 Å². The number of nitrogens with one attached hydrogen (secondary N) is 1. The van der Waals surface area contributed by atoms with Crippen molar-refractivity contribution in [2.24, 2.45) is 0 Å². The van der Waals surface area contributed by atoms with Crippen molar-refractivity contribution in [1.82, 2.24) is 9.71 Å². The largest absolute Gasteiger partial charge is 0.241 e. The molecular weight excluding hydrogens is 371 g/mol. The third kappa shape index (κ3) is 4.35. The number of hydrogen-bond acceptors (Lipinski definition) is 4. The molecule has 1 heterocycles. The summed E-state index contributed by atoms with van der Waals surface area (Å²) < 4.78 is 40.9. The van der Waals surface area contributed by atoms with E-state index in [0.717, 1.165) is 21.8 Å². The van der Waals surface area contributed by atoms with E-state index < -0.39 is 10.0 Å². The van der Waals surface area contributed by atoms with Gasteiger partial charge in [0.05, 0.1) is 10.6 Å². The van der Waals surface area contributed by atoms with Crippen LogP contribution in [0.15, 0.2) is 52.7 Å². The molecule has 0 amide bonds. The SMILES string of the molecule is Cc1ccc(C)c(S(=O)(=O)NCCc2csc(-c3cccc(F)c3)n2)c1. The van der Waals surface area contributed by atoms with Crippen molar-refractivity contribution in [3.63, 3.8) is 0 Å². The summed E-state index contributed by atoms with van der Waals surface area (Å²) in [6.07, 6.45) is 0.468. The van der Waals surface area contributed by atoms with Crippen molar-refractivity contribution in [2.45, 2.75) is 25.2 Å². The summed E-state index contributed by atoms with van der Waals surface area (Å²) in [7, 11) is -3.56. The summed E-state index contributed by atoms with van der Waals surface area (Å²) in [6.45, 7) is 3.89. The molecule has 0 aliphatic rings. The fourth-order valence-electron chi connectivity index (χ4n) is 2.56. The first-order valence-electron chi connectivity index (χ1n) is 8.12. The highest BCUT2D eigenvalue weighted by atomic mass is 32.2. The number of aryl methyl sites for hydroxylation is 2. The average Bonchev–Trinajstić information content (AvgIpc) is 3.06. The van der Waals surface area contributed by atoms with E-state index in [2.05, 4.69) is 9.71 Å². The van der Waals surface area contributed by atoms with Gasteiger partial charge in [0, 0.05) is 23.9 Å². The molecular formula is C19H19FN2O2S2. The van der Waals surface area contributed by atoms with Crippen LogP contribution in [0.5, 0.6) is 0 Å². The molecule has 0 atom stereocenters. The second-order valence-electron chi connectivity index (χ2n) is 6.07. The van der Waals surface area contributed by atoms with Crippen LogP contribution in [0.2, 0.25) is 0 Å². The van der Waals surface area contributed by atoms with Gasteiger partial charge in [0.2, 0.25) is 10.0 Å². The van der Waals surface area contributed by atoms with Crippen LogP contribution in [-0.4, -0.2) is 19.9 Å². The number of aromatic nitrogens is 1. The third-order valence-electron chi connectivity index (χ3n) is 3.93. The molecule has 1 aromatic heterocycles. The van der Waals surface area contributed by atoms with Gasteiger partial charge >= 0.3 is 0 Å². The lowest BCUT2D eigenvalue weighted by Crippen LogP contribution is -2.26. The van der Waals surface area contributed by atoms with E-state index in [1.807, 2.05) is 18.4 Å². The first-order valence-corrected chi connectivity index (χ1v) is 10.5. The van der Waals surface area contributed by atoms with Gasteiger partial charge in [0.15, 0.2) is 0 Å². The van der Waals surface area contributed by atoms with Gasteiger partial charge in [-0.05, 0) is 43.2 Å². The van der Waals surface area contributed by atoms with Crippen molar-refractivity contribution >= 4 is 21.4 Å². The number of halogens is 1. The highest BCUT2D eigenvalue weighted by molar-refractivity contribution is 7.89. The van der Waals surface area contributed by atoms with Crippen LogP contribution < -0.4 is 4.72 Å². The standard InChI is InChI=1S/C19H19FN2O2S2/c1-13-6-7-14(2)18(10-13)26(23,24)21-9-8-17-12-25-19(22-17)15-4-3-5-16(20)11-15/h3-7,10-12,21H,8-9H2,1-2H3. The first kappa shape index (κ1) is 18.7. The summed E-state index contributed by atoms with van der Waals surface area (Å²) >= 11 is 1.42. The van der Waals surface area contributed by atoms with Crippen molar-refractivity contribution in [3.8, 4) is 10.6 Å². The Labute approximate surface area is 156 Å². The zero-order chi connectivity index (χ0) is 18.7. The predicted molar refractivity (Wildman–Crippen MR) is 102 cm³/mol. The molecule has 2 aromatic carbocycles. The van der Waals surface area contributed by atoms with Crippen LogP contribution in [-0.2, 0) is 16.4 Å². The molecule has 1 N–H and O–H groups in total. The molecule has 0 radical (unpaired) electrons. The first-order chi connectivity index (χ1) is 12.3. The zero-order valence-electron chi connectivity index (χ0n) is 14.5.